The van der Waals surface area contributed by atoms with Crippen LogP contribution in [0.2, 0.25) is 0 Å². The summed E-state index contributed by atoms with van der Waals surface area (Å²) in [6.07, 6.45) is 7.22. The topological polar surface area (TPSA) is 37.9 Å². The van der Waals surface area contributed by atoms with E-state index in [2.05, 4.69) is 43.2 Å². The molecule has 2 aromatic rings. The summed E-state index contributed by atoms with van der Waals surface area (Å²) < 4.78 is 9.90. The van der Waals surface area contributed by atoms with Gasteiger partial charge in [-0.05, 0) is 44.8 Å². The fourth-order valence-electron chi connectivity index (χ4n) is 1.79. The summed E-state index contributed by atoms with van der Waals surface area (Å²) in [5, 5.41) is 0. The minimum absolute atomic E-state index is 0.610. The molecule has 3 nitrogen and oxygen atoms in total. The predicted octanol–water partition coefficient (Wildman–Crippen LogP) is 4.83. The van der Waals surface area contributed by atoms with Gasteiger partial charge < -0.3 is 4.42 Å². The standard InChI is InChI=1S/C17H21N2OP/c1-21(2,3)19-17(16-7-5-4-6-8-16)9-11-18-13-15-10-12-20-14-15/h4-10,12-14H,11H2,1-3H3/b17-9-,18-13?. The Hall–Kier alpha value is -1.86. The van der Waals surface area contributed by atoms with Gasteiger partial charge in [0.05, 0.1) is 24.8 Å². The third-order valence-electron chi connectivity index (χ3n) is 2.65. The van der Waals surface area contributed by atoms with E-state index in [-0.39, 0.29) is 0 Å². The highest BCUT2D eigenvalue weighted by molar-refractivity contribution is 7.64. The molecule has 110 valence electrons. The van der Waals surface area contributed by atoms with Crippen molar-refractivity contribution in [1.29, 1.82) is 0 Å². The molecule has 1 aromatic carbocycles. The monoisotopic (exact) mass is 300 g/mol. The van der Waals surface area contributed by atoms with Crippen LogP contribution < -0.4 is 0 Å². The molecule has 1 heterocycles. The number of hydrogen-bond acceptors (Lipinski definition) is 3. The van der Waals surface area contributed by atoms with Gasteiger partial charge in [0.25, 0.3) is 0 Å². The Morgan fingerprint density at radius 1 is 1.14 bits per heavy atom. The lowest BCUT2D eigenvalue weighted by Gasteiger charge is -2.09. The quantitative estimate of drug-likeness (QED) is 0.575. The Kier molecular flexibility index (Phi) is 5.35. The van der Waals surface area contributed by atoms with E-state index in [9.17, 15) is 0 Å². The van der Waals surface area contributed by atoms with E-state index in [0.717, 1.165) is 16.8 Å². The second-order valence-electron chi connectivity index (χ2n) is 5.55. The van der Waals surface area contributed by atoms with Crippen LogP contribution in [0.15, 0.2) is 69.2 Å². The normalized spacial score (nSPS) is 12.8. The Morgan fingerprint density at radius 3 is 2.52 bits per heavy atom. The molecule has 0 saturated carbocycles. The van der Waals surface area contributed by atoms with Crippen molar-refractivity contribution in [1.82, 2.24) is 0 Å². The molecule has 0 aliphatic heterocycles. The predicted molar refractivity (Wildman–Crippen MR) is 92.7 cm³/mol. The molecule has 0 spiro atoms. The zero-order chi connectivity index (χ0) is 15.1. The highest BCUT2D eigenvalue weighted by Gasteiger charge is 2.02. The van der Waals surface area contributed by atoms with Crippen LogP contribution in [-0.2, 0) is 0 Å². The molecule has 0 atom stereocenters. The Bertz CT molecular complexity index is 656. The fraction of sp³-hybridized carbons (Fsp3) is 0.235. The largest absolute Gasteiger partial charge is 0.472 e. The molecule has 0 N–H and O–H groups in total. The van der Waals surface area contributed by atoms with Crippen LogP contribution in [-0.4, -0.2) is 32.8 Å². The second-order valence-corrected chi connectivity index (χ2v) is 9.63. The summed E-state index contributed by atoms with van der Waals surface area (Å²) in [6, 6.07) is 12.2. The molecule has 2 rings (SSSR count). The van der Waals surface area contributed by atoms with Gasteiger partial charge in [0.15, 0.2) is 0 Å². The Morgan fingerprint density at radius 2 is 1.90 bits per heavy atom. The average Bonchev–Trinajstić information content (AvgIpc) is 2.95. The zero-order valence-corrected chi connectivity index (χ0v) is 13.6. The lowest BCUT2D eigenvalue weighted by molar-refractivity contribution is 0.567. The lowest BCUT2D eigenvalue weighted by Crippen LogP contribution is -1.85. The molecule has 1 aromatic heterocycles. The van der Waals surface area contributed by atoms with Crippen LogP contribution in [0.5, 0.6) is 0 Å². The van der Waals surface area contributed by atoms with Gasteiger partial charge in [0, 0.05) is 11.8 Å². The summed E-state index contributed by atoms with van der Waals surface area (Å²) in [7, 11) is -1.24. The first-order valence-corrected chi connectivity index (χ1v) is 9.95. The summed E-state index contributed by atoms with van der Waals surface area (Å²) in [5.41, 5.74) is 3.15. The molecule has 0 saturated heterocycles. The van der Waals surface area contributed by atoms with Crippen LogP contribution in [0.3, 0.4) is 0 Å². The third kappa shape index (κ3) is 5.57. The molecule has 4 heteroatoms. The maximum atomic E-state index is 5.01. The van der Waals surface area contributed by atoms with Gasteiger partial charge in [-0.25, -0.2) is 0 Å². The number of rotatable bonds is 5. The number of benzene rings is 1. The van der Waals surface area contributed by atoms with Crippen molar-refractivity contribution >= 4 is 19.0 Å². The molecule has 0 bridgehead atoms. The fourth-order valence-corrected chi connectivity index (χ4v) is 2.64. The van der Waals surface area contributed by atoms with Crippen molar-refractivity contribution in [3.8, 4) is 0 Å². The molecule has 0 aliphatic rings. The number of hydrogen-bond donors (Lipinski definition) is 0. The third-order valence-corrected chi connectivity index (χ3v) is 3.47. The molecule has 0 fully saturated rings. The van der Waals surface area contributed by atoms with Crippen molar-refractivity contribution in [3.05, 3.63) is 66.1 Å². The van der Waals surface area contributed by atoms with Crippen LogP contribution in [0.1, 0.15) is 11.1 Å². The van der Waals surface area contributed by atoms with E-state index >= 15 is 0 Å². The zero-order valence-electron chi connectivity index (χ0n) is 12.7. The maximum absolute atomic E-state index is 5.01. The van der Waals surface area contributed by atoms with E-state index in [1.807, 2.05) is 30.5 Å². The van der Waals surface area contributed by atoms with Gasteiger partial charge >= 0.3 is 0 Å². The number of nitrogens with zero attached hydrogens (tertiary/aromatic N) is 2. The minimum Gasteiger partial charge on any atom is -0.472 e. The minimum atomic E-state index is -1.24. The molecule has 0 aliphatic carbocycles. The highest BCUT2D eigenvalue weighted by atomic mass is 31.2. The molecule has 0 radical (unpaired) electrons. The highest BCUT2D eigenvalue weighted by Crippen LogP contribution is 2.39. The first-order valence-electron chi connectivity index (χ1n) is 6.87. The molecule has 21 heavy (non-hydrogen) atoms. The smallest absolute Gasteiger partial charge is 0.0990 e. The van der Waals surface area contributed by atoms with Gasteiger partial charge in [0.2, 0.25) is 0 Å². The van der Waals surface area contributed by atoms with Crippen LogP contribution in [0.25, 0.3) is 5.70 Å². The SMILES string of the molecule is CP(C)(C)=N/C(=C\CN=Cc1ccoc1)c1ccccc1. The summed E-state index contributed by atoms with van der Waals surface area (Å²) >= 11 is 0. The van der Waals surface area contributed by atoms with E-state index < -0.39 is 7.05 Å². The van der Waals surface area contributed by atoms with Gasteiger partial charge in [-0.1, -0.05) is 30.3 Å². The van der Waals surface area contributed by atoms with E-state index in [1.165, 1.54) is 0 Å². The van der Waals surface area contributed by atoms with Crippen LogP contribution in [0.4, 0.5) is 0 Å². The second kappa shape index (κ2) is 7.24. The molecule has 0 amide bonds. The average molecular weight is 300 g/mol. The first kappa shape index (κ1) is 15.5. The van der Waals surface area contributed by atoms with Gasteiger partial charge in [-0.2, -0.15) is 0 Å². The summed E-state index contributed by atoms with van der Waals surface area (Å²) in [6.45, 7) is 7.23. The first-order chi connectivity index (χ1) is 10.0. The van der Waals surface area contributed by atoms with Crippen molar-refractivity contribution in [3.63, 3.8) is 0 Å². The van der Waals surface area contributed by atoms with Crippen molar-refractivity contribution < 1.29 is 4.42 Å². The Balaban J connectivity index is 2.18. The van der Waals surface area contributed by atoms with Crippen molar-refractivity contribution in [2.45, 2.75) is 0 Å². The maximum Gasteiger partial charge on any atom is 0.0990 e. The van der Waals surface area contributed by atoms with Crippen molar-refractivity contribution in [2.24, 2.45) is 9.74 Å². The van der Waals surface area contributed by atoms with Gasteiger partial charge in [-0.15, -0.1) is 0 Å². The van der Waals surface area contributed by atoms with Gasteiger partial charge in [-0.3, -0.25) is 9.74 Å². The van der Waals surface area contributed by atoms with Crippen LogP contribution in [0, 0.1) is 0 Å². The molecular formula is C17H21N2OP. The van der Waals surface area contributed by atoms with Crippen molar-refractivity contribution in [2.75, 3.05) is 26.5 Å². The van der Waals surface area contributed by atoms with E-state index in [4.69, 9.17) is 9.16 Å². The molecule has 0 unspecified atom stereocenters. The summed E-state index contributed by atoms with van der Waals surface area (Å²) in [4.78, 5) is 4.40. The molecular weight excluding hydrogens is 279 g/mol. The lowest BCUT2D eigenvalue weighted by atomic mass is 10.1. The number of aliphatic imine (C=N–C) groups is 1. The van der Waals surface area contributed by atoms with Gasteiger partial charge in [0.1, 0.15) is 0 Å². The van der Waals surface area contributed by atoms with E-state index in [1.54, 1.807) is 12.5 Å². The van der Waals surface area contributed by atoms with E-state index in [0.29, 0.717) is 6.54 Å². The number of furan rings is 1. The van der Waals surface area contributed by atoms with Crippen LogP contribution >= 0.6 is 7.05 Å². The summed E-state index contributed by atoms with van der Waals surface area (Å²) in [5.74, 6) is 0. The Labute approximate surface area is 126 Å².